The van der Waals surface area contributed by atoms with Gasteiger partial charge in [0.05, 0.1) is 11.8 Å². The first-order chi connectivity index (χ1) is 7.45. The maximum Gasteiger partial charge on any atom is 0.156 e. The van der Waals surface area contributed by atoms with E-state index in [9.17, 15) is 14.4 Å². The smallest absolute Gasteiger partial charge is 0.156 e. The Hall–Kier alpha value is -1.03. The second-order valence-electron chi connectivity index (χ2n) is 4.96. The minimum absolute atomic E-state index is 0.0191. The molecule has 0 saturated carbocycles. The summed E-state index contributed by atoms with van der Waals surface area (Å²) in [6, 6.07) is 0.0381. The monoisotopic (exact) mass is 223 g/mol. The Morgan fingerprint density at radius 1 is 1.06 bits per heavy atom. The van der Waals surface area contributed by atoms with E-state index in [1.807, 2.05) is 7.05 Å². The molecule has 16 heavy (non-hydrogen) atoms. The minimum Gasteiger partial charge on any atom is -0.299 e. The molecule has 0 N–H and O–H groups in total. The average Bonchev–Trinajstić information content (AvgIpc) is 2.46. The SMILES string of the molecule is CC(=O)C1C(=O)C(C(C)=O)C2CCC1N2C. The summed E-state index contributed by atoms with van der Waals surface area (Å²) in [6.07, 6.45) is 1.70. The van der Waals surface area contributed by atoms with Gasteiger partial charge >= 0.3 is 0 Å². The standard InChI is InChI=1S/C12H17NO3/c1-6(14)10-8-4-5-9(13(8)3)11(7(2)15)12(10)16/h8-11H,4-5H2,1-3H3. The molecule has 0 aromatic rings. The summed E-state index contributed by atoms with van der Waals surface area (Å²) in [6.45, 7) is 2.90. The Labute approximate surface area is 95.0 Å². The lowest BCUT2D eigenvalue weighted by molar-refractivity contribution is -0.145. The van der Waals surface area contributed by atoms with Gasteiger partial charge in [-0.3, -0.25) is 19.3 Å². The number of carbonyl (C=O) groups excluding carboxylic acids is 3. The summed E-state index contributed by atoms with van der Waals surface area (Å²) < 4.78 is 0. The van der Waals surface area contributed by atoms with Crippen molar-refractivity contribution in [1.82, 2.24) is 4.90 Å². The van der Waals surface area contributed by atoms with Gasteiger partial charge in [0.1, 0.15) is 11.6 Å². The molecule has 4 nitrogen and oxygen atoms in total. The van der Waals surface area contributed by atoms with E-state index < -0.39 is 11.8 Å². The van der Waals surface area contributed by atoms with Crippen LogP contribution in [0.25, 0.3) is 0 Å². The average molecular weight is 223 g/mol. The van der Waals surface area contributed by atoms with E-state index in [1.54, 1.807) is 0 Å². The van der Waals surface area contributed by atoms with Crippen molar-refractivity contribution in [2.24, 2.45) is 11.8 Å². The zero-order chi connectivity index (χ0) is 12.0. The van der Waals surface area contributed by atoms with E-state index in [-0.39, 0.29) is 29.4 Å². The molecule has 4 atom stereocenters. The molecule has 2 bridgehead atoms. The highest BCUT2D eigenvalue weighted by Crippen LogP contribution is 2.40. The first-order valence-electron chi connectivity index (χ1n) is 5.71. The second-order valence-corrected chi connectivity index (χ2v) is 4.96. The van der Waals surface area contributed by atoms with Crippen molar-refractivity contribution in [1.29, 1.82) is 0 Å². The highest BCUT2D eigenvalue weighted by atomic mass is 16.2. The highest BCUT2D eigenvalue weighted by Gasteiger charge is 2.53. The molecule has 0 aliphatic carbocycles. The molecule has 2 aliphatic rings. The lowest BCUT2D eigenvalue weighted by Crippen LogP contribution is -2.56. The highest BCUT2D eigenvalue weighted by molar-refractivity contribution is 6.12. The zero-order valence-electron chi connectivity index (χ0n) is 9.90. The zero-order valence-corrected chi connectivity index (χ0v) is 9.90. The predicted octanol–water partition coefficient (Wildman–Crippen LogP) is 0.442. The molecule has 2 heterocycles. The molecule has 2 aliphatic heterocycles. The van der Waals surface area contributed by atoms with E-state index in [2.05, 4.69) is 4.90 Å². The third-order valence-electron chi connectivity index (χ3n) is 4.06. The number of rotatable bonds is 2. The number of hydrogen-bond donors (Lipinski definition) is 0. The van der Waals surface area contributed by atoms with Crippen LogP contribution in [0.2, 0.25) is 0 Å². The van der Waals surface area contributed by atoms with Crippen LogP contribution in [0.4, 0.5) is 0 Å². The Balaban J connectivity index is 2.40. The first-order valence-corrected chi connectivity index (χ1v) is 5.71. The van der Waals surface area contributed by atoms with E-state index in [0.717, 1.165) is 12.8 Å². The van der Waals surface area contributed by atoms with Crippen LogP contribution in [-0.2, 0) is 14.4 Å². The van der Waals surface area contributed by atoms with Gasteiger partial charge in [-0.05, 0) is 33.7 Å². The second kappa shape index (κ2) is 3.77. The normalized spacial score (nSPS) is 38.8. The molecular formula is C12H17NO3. The van der Waals surface area contributed by atoms with Crippen LogP contribution in [0.1, 0.15) is 26.7 Å². The van der Waals surface area contributed by atoms with Crippen LogP contribution in [0, 0.1) is 11.8 Å². The fourth-order valence-corrected chi connectivity index (χ4v) is 3.31. The molecule has 0 spiro atoms. The molecule has 0 aromatic carbocycles. The van der Waals surface area contributed by atoms with Gasteiger partial charge < -0.3 is 0 Å². The van der Waals surface area contributed by atoms with Crippen LogP contribution < -0.4 is 0 Å². The molecule has 88 valence electrons. The predicted molar refractivity (Wildman–Crippen MR) is 57.9 cm³/mol. The lowest BCUT2D eigenvalue weighted by atomic mass is 9.78. The van der Waals surface area contributed by atoms with Gasteiger partial charge in [0.25, 0.3) is 0 Å². The van der Waals surface area contributed by atoms with Gasteiger partial charge in [-0.25, -0.2) is 0 Å². The molecule has 0 radical (unpaired) electrons. The summed E-state index contributed by atoms with van der Waals surface area (Å²) in [7, 11) is 1.92. The third-order valence-corrected chi connectivity index (χ3v) is 4.06. The molecule has 4 heteroatoms. The van der Waals surface area contributed by atoms with Crippen molar-refractivity contribution < 1.29 is 14.4 Å². The molecular weight excluding hydrogens is 206 g/mol. The Morgan fingerprint density at radius 2 is 1.44 bits per heavy atom. The summed E-state index contributed by atoms with van der Waals surface area (Å²) in [4.78, 5) is 37.3. The summed E-state index contributed by atoms with van der Waals surface area (Å²) >= 11 is 0. The Morgan fingerprint density at radius 3 is 1.75 bits per heavy atom. The number of hydrogen-bond acceptors (Lipinski definition) is 4. The number of piperidine rings is 1. The molecule has 2 fully saturated rings. The summed E-state index contributed by atoms with van der Waals surface area (Å²) in [5, 5.41) is 0. The van der Waals surface area contributed by atoms with Crippen molar-refractivity contribution in [3.05, 3.63) is 0 Å². The summed E-state index contributed by atoms with van der Waals surface area (Å²) in [5.41, 5.74) is 0. The molecule has 4 unspecified atom stereocenters. The topological polar surface area (TPSA) is 54.5 Å². The lowest BCUT2D eigenvalue weighted by Gasteiger charge is -2.39. The van der Waals surface area contributed by atoms with Crippen LogP contribution in [0.3, 0.4) is 0 Å². The minimum atomic E-state index is -0.586. The van der Waals surface area contributed by atoms with Crippen LogP contribution in [-0.4, -0.2) is 41.4 Å². The number of ketones is 3. The summed E-state index contributed by atoms with van der Waals surface area (Å²) in [5.74, 6) is -1.53. The van der Waals surface area contributed by atoms with Gasteiger partial charge in [-0.15, -0.1) is 0 Å². The molecule has 2 saturated heterocycles. The maximum atomic E-state index is 12.1. The van der Waals surface area contributed by atoms with Crippen LogP contribution in [0.5, 0.6) is 0 Å². The van der Waals surface area contributed by atoms with Gasteiger partial charge in [0, 0.05) is 12.1 Å². The van der Waals surface area contributed by atoms with Crippen LogP contribution in [0.15, 0.2) is 0 Å². The van der Waals surface area contributed by atoms with Gasteiger partial charge in [0.2, 0.25) is 0 Å². The van der Waals surface area contributed by atoms with E-state index in [4.69, 9.17) is 0 Å². The van der Waals surface area contributed by atoms with E-state index in [1.165, 1.54) is 13.8 Å². The fraction of sp³-hybridized carbons (Fsp3) is 0.750. The Kier molecular flexibility index (Phi) is 2.70. The fourth-order valence-electron chi connectivity index (χ4n) is 3.31. The van der Waals surface area contributed by atoms with Crippen molar-refractivity contribution >= 4 is 17.3 Å². The van der Waals surface area contributed by atoms with E-state index in [0.29, 0.717) is 0 Å². The molecule has 0 amide bonds. The largest absolute Gasteiger partial charge is 0.299 e. The van der Waals surface area contributed by atoms with Gasteiger partial charge in [-0.1, -0.05) is 0 Å². The number of fused-ring (bicyclic) bond motifs is 2. The van der Waals surface area contributed by atoms with Gasteiger partial charge in [-0.2, -0.15) is 0 Å². The van der Waals surface area contributed by atoms with Crippen LogP contribution >= 0.6 is 0 Å². The number of carbonyl (C=O) groups is 3. The number of Topliss-reactive ketones (excluding diaryl/α,β-unsaturated/α-hetero) is 3. The third kappa shape index (κ3) is 1.44. The maximum absolute atomic E-state index is 12.1. The van der Waals surface area contributed by atoms with Crippen molar-refractivity contribution in [2.75, 3.05) is 7.05 Å². The van der Waals surface area contributed by atoms with Crippen molar-refractivity contribution in [3.8, 4) is 0 Å². The Bertz CT molecular complexity index is 331. The van der Waals surface area contributed by atoms with Crippen molar-refractivity contribution in [2.45, 2.75) is 38.8 Å². The first kappa shape index (κ1) is 11.5. The van der Waals surface area contributed by atoms with Gasteiger partial charge in [0.15, 0.2) is 5.78 Å². The molecule has 0 aromatic heterocycles. The van der Waals surface area contributed by atoms with E-state index >= 15 is 0 Å². The number of nitrogens with zero attached hydrogens (tertiary/aromatic N) is 1. The quantitative estimate of drug-likeness (QED) is 0.637. The molecule has 2 rings (SSSR count). The van der Waals surface area contributed by atoms with Crippen molar-refractivity contribution in [3.63, 3.8) is 0 Å².